The van der Waals surface area contributed by atoms with Gasteiger partial charge in [-0.05, 0) is 69.7 Å². The summed E-state index contributed by atoms with van der Waals surface area (Å²) >= 11 is 5.49. The number of aromatic amines is 1. The van der Waals surface area contributed by atoms with Crippen LogP contribution in [0.4, 0.5) is 0 Å². The van der Waals surface area contributed by atoms with Gasteiger partial charge < -0.3 is 19.2 Å². The van der Waals surface area contributed by atoms with Crippen LogP contribution in [0, 0.1) is 10.7 Å². The van der Waals surface area contributed by atoms with Gasteiger partial charge >= 0.3 is 0 Å². The summed E-state index contributed by atoms with van der Waals surface area (Å²) in [6.45, 7) is 3.43. The van der Waals surface area contributed by atoms with Gasteiger partial charge in [0, 0.05) is 6.54 Å². The van der Waals surface area contributed by atoms with E-state index in [1.165, 1.54) is 32.4 Å². The van der Waals surface area contributed by atoms with E-state index < -0.39 is 0 Å². The number of benzene rings is 1. The van der Waals surface area contributed by atoms with Crippen molar-refractivity contribution < 1.29 is 4.74 Å². The third-order valence-corrected chi connectivity index (χ3v) is 4.91. The Kier molecular flexibility index (Phi) is 4.31. The molecule has 0 aliphatic carbocycles. The Balaban J connectivity index is 1.78. The monoisotopic (exact) mass is 305 g/mol. The van der Waals surface area contributed by atoms with Crippen molar-refractivity contribution in [1.82, 2.24) is 14.5 Å². The number of methoxy groups -OCH3 is 1. The summed E-state index contributed by atoms with van der Waals surface area (Å²) in [5.41, 5.74) is 2.15. The molecule has 1 aromatic carbocycles. The summed E-state index contributed by atoms with van der Waals surface area (Å²) in [6.07, 6.45) is 3.80. The second-order valence-electron chi connectivity index (χ2n) is 5.97. The molecule has 4 nitrogen and oxygen atoms in total. The molecule has 114 valence electrons. The maximum absolute atomic E-state index is 5.49. The fraction of sp³-hybridized carbons (Fsp3) is 0.562. The molecule has 1 fully saturated rings. The third kappa shape index (κ3) is 2.99. The second-order valence-corrected chi connectivity index (χ2v) is 6.36. The third-order valence-electron chi connectivity index (χ3n) is 4.59. The van der Waals surface area contributed by atoms with E-state index in [0.717, 1.165) is 34.0 Å². The van der Waals surface area contributed by atoms with Crippen molar-refractivity contribution in [2.45, 2.75) is 25.8 Å². The van der Waals surface area contributed by atoms with Crippen molar-refractivity contribution in [3.63, 3.8) is 0 Å². The summed E-state index contributed by atoms with van der Waals surface area (Å²) in [6, 6.07) is 6.10. The number of nitrogens with zero attached hydrogens (tertiary/aromatic N) is 2. The minimum atomic E-state index is 0.794. The molecule has 21 heavy (non-hydrogen) atoms. The predicted molar refractivity (Wildman–Crippen MR) is 88.5 cm³/mol. The zero-order valence-corrected chi connectivity index (χ0v) is 13.6. The lowest BCUT2D eigenvalue weighted by atomic mass is 9.94. The molecule has 0 saturated carbocycles. The summed E-state index contributed by atoms with van der Waals surface area (Å²) in [5, 5.41) is 0. The molecule has 1 N–H and O–H groups in total. The lowest BCUT2D eigenvalue weighted by Gasteiger charge is -2.28. The van der Waals surface area contributed by atoms with E-state index >= 15 is 0 Å². The molecule has 1 aliphatic rings. The number of likely N-dealkylation sites (tertiary alicyclic amines) is 1. The summed E-state index contributed by atoms with van der Waals surface area (Å²) in [7, 11) is 3.90. The van der Waals surface area contributed by atoms with Crippen LogP contribution in [0.3, 0.4) is 0 Å². The normalized spacial score (nSPS) is 17.4. The molecule has 1 aliphatic heterocycles. The fourth-order valence-corrected chi connectivity index (χ4v) is 3.50. The molecule has 0 radical (unpaired) electrons. The number of hydrogen-bond donors (Lipinski definition) is 1. The molecule has 0 spiro atoms. The Morgan fingerprint density at radius 2 is 2.10 bits per heavy atom. The molecule has 3 rings (SSSR count). The first-order valence-electron chi connectivity index (χ1n) is 7.63. The van der Waals surface area contributed by atoms with Gasteiger partial charge in [-0.3, -0.25) is 0 Å². The Morgan fingerprint density at radius 3 is 2.81 bits per heavy atom. The highest BCUT2D eigenvalue weighted by Gasteiger charge is 2.17. The first-order chi connectivity index (χ1) is 10.2. The van der Waals surface area contributed by atoms with Crippen LogP contribution in [0.25, 0.3) is 11.0 Å². The second kappa shape index (κ2) is 6.20. The van der Waals surface area contributed by atoms with Gasteiger partial charge in [-0.15, -0.1) is 0 Å². The van der Waals surface area contributed by atoms with E-state index in [-0.39, 0.29) is 0 Å². The molecule has 0 amide bonds. The van der Waals surface area contributed by atoms with Crippen molar-refractivity contribution in [2.24, 2.45) is 5.92 Å². The van der Waals surface area contributed by atoms with E-state index in [9.17, 15) is 0 Å². The van der Waals surface area contributed by atoms with E-state index in [2.05, 4.69) is 27.6 Å². The molecular formula is C16H23N3OS. The van der Waals surface area contributed by atoms with Crippen LogP contribution < -0.4 is 4.74 Å². The number of piperidine rings is 1. The smallest absolute Gasteiger partial charge is 0.178 e. The van der Waals surface area contributed by atoms with Gasteiger partial charge in [0.1, 0.15) is 11.3 Å². The number of aryl methyl sites for hydroxylation is 1. The molecule has 2 heterocycles. The van der Waals surface area contributed by atoms with Gasteiger partial charge in [0.15, 0.2) is 4.77 Å². The van der Waals surface area contributed by atoms with Crippen LogP contribution in [0.15, 0.2) is 18.2 Å². The zero-order valence-electron chi connectivity index (χ0n) is 12.8. The Hall–Kier alpha value is -1.33. The van der Waals surface area contributed by atoms with Crippen LogP contribution in [0.2, 0.25) is 0 Å². The number of imidazole rings is 1. The average Bonchev–Trinajstić information content (AvgIpc) is 2.82. The van der Waals surface area contributed by atoms with E-state index in [1.54, 1.807) is 7.11 Å². The SMILES string of the molecule is COc1cccc2c1[nH]c(=S)n2CCC1CCN(C)CC1. The maximum Gasteiger partial charge on any atom is 0.178 e. The van der Waals surface area contributed by atoms with Crippen LogP contribution in [-0.2, 0) is 6.54 Å². The zero-order chi connectivity index (χ0) is 14.8. The molecule has 0 unspecified atom stereocenters. The number of rotatable bonds is 4. The Labute approximate surface area is 130 Å². The van der Waals surface area contributed by atoms with Gasteiger partial charge in [0.2, 0.25) is 0 Å². The number of para-hydroxylation sites is 1. The van der Waals surface area contributed by atoms with E-state index in [0.29, 0.717) is 0 Å². The molecule has 1 saturated heterocycles. The topological polar surface area (TPSA) is 33.2 Å². The highest BCUT2D eigenvalue weighted by atomic mass is 32.1. The maximum atomic E-state index is 5.49. The van der Waals surface area contributed by atoms with Crippen LogP contribution >= 0.6 is 12.2 Å². The number of nitrogens with one attached hydrogen (secondary N) is 1. The van der Waals surface area contributed by atoms with Gasteiger partial charge in [-0.25, -0.2) is 0 Å². The predicted octanol–water partition coefficient (Wildman–Crippen LogP) is 3.44. The van der Waals surface area contributed by atoms with Gasteiger partial charge in [0.05, 0.1) is 12.6 Å². The first-order valence-corrected chi connectivity index (χ1v) is 8.04. The largest absolute Gasteiger partial charge is 0.494 e. The number of ether oxygens (including phenoxy) is 1. The molecular weight excluding hydrogens is 282 g/mol. The minimum Gasteiger partial charge on any atom is -0.494 e. The summed E-state index contributed by atoms with van der Waals surface area (Å²) < 4.78 is 8.41. The fourth-order valence-electron chi connectivity index (χ4n) is 3.21. The van der Waals surface area contributed by atoms with Crippen molar-refractivity contribution in [3.05, 3.63) is 23.0 Å². The molecule has 0 bridgehead atoms. The molecule has 2 aromatic rings. The number of hydrogen-bond acceptors (Lipinski definition) is 3. The Morgan fingerprint density at radius 1 is 1.33 bits per heavy atom. The number of aromatic nitrogens is 2. The van der Waals surface area contributed by atoms with Crippen LogP contribution in [0.5, 0.6) is 5.75 Å². The number of fused-ring (bicyclic) bond motifs is 1. The summed E-state index contributed by atoms with van der Waals surface area (Å²) in [4.78, 5) is 5.70. The standard InChI is InChI=1S/C16H23N3OS/c1-18-9-6-12(7-10-18)8-11-19-13-4-3-5-14(20-2)15(13)17-16(19)21/h3-5,12H,6-11H2,1-2H3,(H,17,21). The average molecular weight is 305 g/mol. The lowest BCUT2D eigenvalue weighted by Crippen LogP contribution is -2.30. The lowest BCUT2D eigenvalue weighted by molar-refractivity contribution is 0.208. The molecule has 0 atom stereocenters. The van der Waals surface area contributed by atoms with E-state index in [4.69, 9.17) is 17.0 Å². The van der Waals surface area contributed by atoms with Gasteiger partial charge in [-0.2, -0.15) is 0 Å². The van der Waals surface area contributed by atoms with Crippen molar-refractivity contribution in [3.8, 4) is 5.75 Å². The quantitative estimate of drug-likeness (QED) is 0.879. The van der Waals surface area contributed by atoms with E-state index in [1.807, 2.05) is 12.1 Å². The van der Waals surface area contributed by atoms with Crippen LogP contribution in [-0.4, -0.2) is 41.7 Å². The Bertz CT molecular complexity index is 668. The van der Waals surface area contributed by atoms with Crippen molar-refractivity contribution in [1.29, 1.82) is 0 Å². The highest BCUT2D eigenvalue weighted by Crippen LogP contribution is 2.26. The molecule has 5 heteroatoms. The van der Waals surface area contributed by atoms with Crippen LogP contribution in [0.1, 0.15) is 19.3 Å². The van der Waals surface area contributed by atoms with Crippen molar-refractivity contribution >= 4 is 23.3 Å². The van der Waals surface area contributed by atoms with Gasteiger partial charge in [-0.1, -0.05) is 6.07 Å². The number of H-pyrrole nitrogens is 1. The summed E-state index contributed by atoms with van der Waals surface area (Å²) in [5.74, 6) is 1.68. The first kappa shape index (κ1) is 14.6. The minimum absolute atomic E-state index is 0.794. The van der Waals surface area contributed by atoms with Crippen molar-refractivity contribution in [2.75, 3.05) is 27.2 Å². The highest BCUT2D eigenvalue weighted by molar-refractivity contribution is 7.71. The van der Waals surface area contributed by atoms with Gasteiger partial charge in [0.25, 0.3) is 0 Å². The molecule has 1 aromatic heterocycles.